The van der Waals surface area contributed by atoms with E-state index in [2.05, 4.69) is 0 Å². The van der Waals surface area contributed by atoms with Gasteiger partial charge in [0.1, 0.15) is 0 Å². The van der Waals surface area contributed by atoms with E-state index < -0.39 is 35.2 Å². The molecule has 1 heterocycles. The molecule has 0 saturated heterocycles. The Balaban J connectivity index is 0.000000596. The van der Waals surface area contributed by atoms with Gasteiger partial charge in [0.15, 0.2) is 5.54 Å². The smallest absolute Gasteiger partial charge is 0.331 e. The zero-order valence-electron chi connectivity index (χ0n) is 15.6. The van der Waals surface area contributed by atoms with E-state index >= 15 is 0 Å². The van der Waals surface area contributed by atoms with Crippen molar-refractivity contribution in [3.63, 3.8) is 0 Å². The van der Waals surface area contributed by atoms with Gasteiger partial charge in [-0.25, -0.2) is 4.79 Å². The maximum absolute atomic E-state index is 12.6. The first-order valence-electron chi connectivity index (χ1n) is 8.69. The predicted molar refractivity (Wildman–Crippen MR) is 96.5 cm³/mol. The summed E-state index contributed by atoms with van der Waals surface area (Å²) in [6, 6.07) is 6.06. The molecular weight excluding hydrogens is 352 g/mol. The third-order valence-corrected chi connectivity index (χ3v) is 4.74. The van der Waals surface area contributed by atoms with Crippen molar-refractivity contribution in [1.82, 2.24) is 9.80 Å². The summed E-state index contributed by atoms with van der Waals surface area (Å²) in [4.78, 5) is 51.5. The lowest BCUT2D eigenvalue weighted by atomic mass is 9.71. The van der Waals surface area contributed by atoms with Crippen LogP contribution in [0.15, 0.2) is 24.3 Å². The van der Waals surface area contributed by atoms with Gasteiger partial charge in [-0.2, -0.15) is 0 Å². The molecule has 1 saturated carbocycles. The average molecular weight is 376 g/mol. The molecule has 1 aliphatic heterocycles. The average Bonchev–Trinajstić information content (AvgIpc) is 2.86. The molecule has 0 bridgehead atoms. The van der Waals surface area contributed by atoms with Gasteiger partial charge in [-0.1, -0.05) is 25.0 Å². The Labute approximate surface area is 157 Å². The number of rotatable bonds is 3. The van der Waals surface area contributed by atoms with Gasteiger partial charge in [-0.15, -0.1) is 0 Å². The first-order chi connectivity index (χ1) is 12.6. The number of amides is 2. The maximum Gasteiger partial charge on any atom is 0.331 e. The van der Waals surface area contributed by atoms with E-state index in [4.69, 9.17) is 0 Å². The van der Waals surface area contributed by atoms with Crippen molar-refractivity contribution in [2.75, 3.05) is 21.1 Å². The Morgan fingerprint density at radius 1 is 1.04 bits per heavy atom. The first-order valence-corrected chi connectivity index (χ1v) is 8.69. The van der Waals surface area contributed by atoms with Gasteiger partial charge in [-0.3, -0.25) is 19.3 Å². The van der Waals surface area contributed by atoms with Crippen molar-refractivity contribution in [3.05, 3.63) is 35.4 Å². The van der Waals surface area contributed by atoms with E-state index in [1.54, 1.807) is 12.1 Å². The quantitative estimate of drug-likeness (QED) is 0.769. The molecule has 2 atom stereocenters. The predicted octanol–water partition coefficient (Wildman–Crippen LogP) is 1.56. The van der Waals surface area contributed by atoms with Crippen molar-refractivity contribution in [2.45, 2.75) is 31.2 Å². The zero-order valence-corrected chi connectivity index (χ0v) is 15.6. The van der Waals surface area contributed by atoms with Gasteiger partial charge in [0.2, 0.25) is 0 Å². The number of hydrogen-bond donors (Lipinski definition) is 2. The second-order valence-corrected chi connectivity index (χ2v) is 7.20. The Hall–Kier alpha value is -2.74. The van der Waals surface area contributed by atoms with E-state index in [9.17, 15) is 29.4 Å². The summed E-state index contributed by atoms with van der Waals surface area (Å²) < 4.78 is 0. The van der Waals surface area contributed by atoms with Crippen LogP contribution in [0.3, 0.4) is 0 Å². The Bertz CT molecular complexity index is 737. The molecule has 2 aliphatic rings. The number of fused-ring (bicyclic) bond motifs is 1. The molecule has 27 heavy (non-hydrogen) atoms. The molecule has 8 nitrogen and oxygen atoms in total. The third-order valence-electron chi connectivity index (χ3n) is 4.74. The van der Waals surface area contributed by atoms with Gasteiger partial charge in [-0.05, 0) is 46.1 Å². The van der Waals surface area contributed by atoms with Crippen LogP contribution >= 0.6 is 0 Å². The fourth-order valence-electron chi connectivity index (χ4n) is 3.65. The van der Waals surface area contributed by atoms with Crippen LogP contribution in [0.25, 0.3) is 0 Å². The lowest BCUT2D eigenvalue weighted by molar-refractivity contribution is -0.164. The number of hydrogen-bond acceptors (Lipinski definition) is 5. The summed E-state index contributed by atoms with van der Waals surface area (Å²) in [6.45, 7) is 0. The maximum atomic E-state index is 12.6. The van der Waals surface area contributed by atoms with Gasteiger partial charge in [0, 0.05) is 0 Å². The number of carbonyl (C=O) groups is 4. The summed E-state index contributed by atoms with van der Waals surface area (Å²) in [5.74, 6) is -5.53. The molecule has 1 fully saturated rings. The summed E-state index contributed by atoms with van der Waals surface area (Å²) in [5, 5.41) is 19.2. The van der Waals surface area contributed by atoms with E-state index in [0.29, 0.717) is 17.7 Å². The van der Waals surface area contributed by atoms with E-state index in [1.807, 2.05) is 26.0 Å². The van der Waals surface area contributed by atoms with E-state index in [-0.39, 0.29) is 24.0 Å². The highest BCUT2D eigenvalue weighted by Gasteiger charge is 2.60. The molecule has 1 aromatic rings. The third kappa shape index (κ3) is 3.57. The Morgan fingerprint density at radius 2 is 1.52 bits per heavy atom. The fraction of sp³-hybridized carbons (Fsp3) is 0.474. The standard InChI is InChI=1S/C16H15NO6.C3H9N/c18-12-9-5-1-2-6-10(9)13(19)17(12)16(15(22)23)8-4-3-7-11(16)14(20)21;1-4(2)3/h1-2,5-6,11H,3-4,7-8H2,(H,20,21)(H,22,23);1-3H3. The lowest BCUT2D eigenvalue weighted by Crippen LogP contribution is -2.64. The van der Waals surface area contributed by atoms with E-state index in [0.717, 1.165) is 0 Å². The van der Waals surface area contributed by atoms with Crippen LogP contribution in [0.5, 0.6) is 0 Å². The number of aliphatic carboxylic acids is 2. The molecule has 1 aromatic carbocycles. The van der Waals surface area contributed by atoms with Gasteiger partial charge >= 0.3 is 11.9 Å². The summed E-state index contributed by atoms with van der Waals surface area (Å²) in [6.07, 6.45) is 1.07. The molecular formula is C19H24N2O6. The minimum absolute atomic E-state index is 0.0508. The molecule has 2 amide bonds. The van der Waals surface area contributed by atoms with Crippen LogP contribution in [0.4, 0.5) is 0 Å². The molecule has 146 valence electrons. The molecule has 0 radical (unpaired) electrons. The molecule has 3 rings (SSSR count). The number of carboxylic acid groups (broad SMARTS) is 2. The summed E-state index contributed by atoms with van der Waals surface area (Å²) in [7, 11) is 6.00. The van der Waals surface area contributed by atoms with Crippen molar-refractivity contribution >= 4 is 23.8 Å². The minimum atomic E-state index is -2.03. The highest BCUT2D eigenvalue weighted by Crippen LogP contribution is 2.43. The van der Waals surface area contributed by atoms with Crippen LogP contribution in [0, 0.1) is 5.92 Å². The van der Waals surface area contributed by atoms with Crippen molar-refractivity contribution in [2.24, 2.45) is 5.92 Å². The second kappa shape index (κ2) is 7.87. The van der Waals surface area contributed by atoms with Crippen LogP contribution in [-0.4, -0.2) is 70.4 Å². The largest absolute Gasteiger partial charge is 0.481 e. The zero-order chi connectivity index (χ0) is 20.4. The van der Waals surface area contributed by atoms with Crippen molar-refractivity contribution < 1.29 is 29.4 Å². The number of benzene rings is 1. The highest BCUT2D eigenvalue weighted by atomic mass is 16.4. The Morgan fingerprint density at radius 3 is 1.93 bits per heavy atom. The summed E-state index contributed by atoms with van der Waals surface area (Å²) >= 11 is 0. The van der Waals surface area contributed by atoms with Crippen LogP contribution in [0.1, 0.15) is 46.4 Å². The normalized spacial score (nSPS) is 24.3. The molecule has 2 N–H and O–H groups in total. The van der Waals surface area contributed by atoms with Gasteiger partial charge in [0.05, 0.1) is 17.0 Å². The second-order valence-electron chi connectivity index (χ2n) is 7.20. The number of carbonyl (C=O) groups excluding carboxylic acids is 2. The van der Waals surface area contributed by atoms with Gasteiger partial charge < -0.3 is 15.1 Å². The first kappa shape index (κ1) is 20.6. The molecule has 8 heteroatoms. The van der Waals surface area contributed by atoms with Crippen molar-refractivity contribution in [1.29, 1.82) is 0 Å². The number of nitrogens with zero attached hydrogens (tertiary/aromatic N) is 2. The molecule has 0 spiro atoms. The monoisotopic (exact) mass is 376 g/mol. The Kier molecular flexibility index (Phi) is 6.00. The molecule has 1 aliphatic carbocycles. The molecule has 2 unspecified atom stereocenters. The lowest BCUT2D eigenvalue weighted by Gasteiger charge is -2.43. The van der Waals surface area contributed by atoms with Crippen molar-refractivity contribution in [3.8, 4) is 0 Å². The van der Waals surface area contributed by atoms with E-state index in [1.165, 1.54) is 12.1 Å². The van der Waals surface area contributed by atoms with Crippen LogP contribution in [0.2, 0.25) is 0 Å². The molecule has 0 aromatic heterocycles. The van der Waals surface area contributed by atoms with Gasteiger partial charge in [0.25, 0.3) is 11.8 Å². The fourth-order valence-corrected chi connectivity index (χ4v) is 3.65. The number of imide groups is 1. The minimum Gasteiger partial charge on any atom is -0.481 e. The van der Waals surface area contributed by atoms with Crippen LogP contribution < -0.4 is 0 Å². The highest BCUT2D eigenvalue weighted by molar-refractivity contribution is 6.23. The SMILES string of the molecule is CN(C)C.O=C(O)C1CCCCC1(C(=O)O)N1C(=O)c2ccccc2C1=O. The van der Waals surface area contributed by atoms with Crippen LogP contribution in [-0.2, 0) is 9.59 Å². The topological polar surface area (TPSA) is 115 Å². The number of carboxylic acids is 2. The summed E-state index contributed by atoms with van der Waals surface area (Å²) in [5.41, 5.74) is -1.79.